The van der Waals surface area contributed by atoms with E-state index in [4.69, 9.17) is 4.74 Å². The summed E-state index contributed by atoms with van der Waals surface area (Å²) >= 11 is 3.17. The fourth-order valence-electron chi connectivity index (χ4n) is 1.89. The van der Waals surface area contributed by atoms with Crippen LogP contribution < -0.4 is 5.32 Å². The summed E-state index contributed by atoms with van der Waals surface area (Å²) in [5, 5.41) is 32.6. The summed E-state index contributed by atoms with van der Waals surface area (Å²) in [4.78, 5) is 11.3. The topological polar surface area (TPSA) is 99.0 Å². The number of hydrogen-bond acceptors (Lipinski definition) is 7. The van der Waals surface area contributed by atoms with Gasteiger partial charge in [-0.1, -0.05) is 20.8 Å². The van der Waals surface area contributed by atoms with Gasteiger partial charge in [0.25, 0.3) is 0 Å². The first-order chi connectivity index (χ1) is 9.65. The molecule has 1 fully saturated rings. The average molecular weight is 339 g/mol. The van der Waals surface area contributed by atoms with E-state index in [1.54, 1.807) is 11.8 Å². The number of rotatable bonds is 5. The molecule has 21 heavy (non-hydrogen) atoms. The molecule has 6 nitrogen and oxygen atoms in total. The van der Waals surface area contributed by atoms with Gasteiger partial charge in [0.15, 0.2) is 0 Å². The summed E-state index contributed by atoms with van der Waals surface area (Å²) in [6.07, 6.45) is -3.24. The van der Waals surface area contributed by atoms with Crippen molar-refractivity contribution in [1.29, 1.82) is 0 Å². The highest BCUT2D eigenvalue weighted by Crippen LogP contribution is 2.34. The van der Waals surface area contributed by atoms with Crippen LogP contribution in [-0.4, -0.2) is 67.5 Å². The molecule has 1 heterocycles. The van der Waals surface area contributed by atoms with Crippen molar-refractivity contribution in [2.45, 2.75) is 62.2 Å². The SMILES string of the molecule is CC(=O)NC1C(SCSC(C)(C)C)OC(CO)C(O)C1O. The van der Waals surface area contributed by atoms with E-state index in [-0.39, 0.29) is 17.3 Å². The number of ether oxygens (including phenoxy) is 1. The van der Waals surface area contributed by atoms with E-state index in [1.807, 2.05) is 0 Å². The minimum absolute atomic E-state index is 0.0969. The molecule has 124 valence electrons. The van der Waals surface area contributed by atoms with Crippen LogP contribution in [0.3, 0.4) is 0 Å². The number of hydrogen-bond donors (Lipinski definition) is 4. The second kappa shape index (κ2) is 8.03. The maximum Gasteiger partial charge on any atom is 0.217 e. The smallest absolute Gasteiger partial charge is 0.217 e. The van der Waals surface area contributed by atoms with Crippen LogP contribution in [0.5, 0.6) is 0 Å². The first-order valence-corrected chi connectivity index (χ1v) is 8.84. The molecule has 0 aromatic carbocycles. The number of thioether (sulfide) groups is 2. The lowest BCUT2D eigenvalue weighted by Gasteiger charge is -2.42. The Bertz CT molecular complexity index is 350. The van der Waals surface area contributed by atoms with Crippen LogP contribution in [-0.2, 0) is 9.53 Å². The molecule has 1 amide bonds. The molecule has 0 aliphatic carbocycles. The third-order valence-electron chi connectivity index (χ3n) is 2.98. The van der Waals surface area contributed by atoms with Gasteiger partial charge in [0.2, 0.25) is 5.91 Å². The molecule has 0 radical (unpaired) electrons. The number of carbonyl (C=O) groups excluding carboxylic acids is 1. The van der Waals surface area contributed by atoms with E-state index in [0.717, 1.165) is 0 Å². The molecule has 0 bridgehead atoms. The zero-order chi connectivity index (χ0) is 16.2. The number of amides is 1. The molecule has 5 unspecified atom stereocenters. The fourth-order valence-corrected chi connectivity index (χ4v) is 4.77. The Balaban J connectivity index is 2.71. The lowest BCUT2D eigenvalue weighted by molar-refractivity contribution is -0.173. The van der Waals surface area contributed by atoms with E-state index >= 15 is 0 Å². The predicted octanol–water partition coefficient (Wildman–Crippen LogP) is 0.152. The Hall–Kier alpha value is 0.01000. The lowest BCUT2D eigenvalue weighted by atomic mass is 9.98. The van der Waals surface area contributed by atoms with Gasteiger partial charge in [0, 0.05) is 16.8 Å². The summed E-state index contributed by atoms with van der Waals surface area (Å²) in [5.74, 6) is -0.300. The minimum Gasteiger partial charge on any atom is -0.394 e. The first-order valence-electron chi connectivity index (χ1n) is 6.81. The number of nitrogens with one attached hydrogen (secondary N) is 1. The fraction of sp³-hybridized carbons (Fsp3) is 0.923. The predicted molar refractivity (Wildman–Crippen MR) is 85.2 cm³/mol. The van der Waals surface area contributed by atoms with Crippen molar-refractivity contribution in [3.8, 4) is 0 Å². The Morgan fingerprint density at radius 3 is 2.38 bits per heavy atom. The van der Waals surface area contributed by atoms with Crippen LogP contribution in [0.1, 0.15) is 27.7 Å². The van der Waals surface area contributed by atoms with Crippen LogP contribution in [0.15, 0.2) is 0 Å². The van der Waals surface area contributed by atoms with Crippen molar-refractivity contribution in [3.05, 3.63) is 0 Å². The summed E-state index contributed by atoms with van der Waals surface area (Å²) in [5.41, 5.74) is -0.515. The summed E-state index contributed by atoms with van der Waals surface area (Å²) in [6, 6.07) is -0.703. The van der Waals surface area contributed by atoms with Crippen molar-refractivity contribution in [1.82, 2.24) is 5.32 Å². The van der Waals surface area contributed by atoms with E-state index in [2.05, 4.69) is 26.1 Å². The largest absolute Gasteiger partial charge is 0.394 e. The van der Waals surface area contributed by atoms with Crippen molar-refractivity contribution < 1.29 is 24.9 Å². The van der Waals surface area contributed by atoms with Crippen LogP contribution in [0.4, 0.5) is 0 Å². The molecular weight excluding hydrogens is 314 g/mol. The molecule has 1 aliphatic rings. The standard InChI is InChI=1S/C13H25NO5S2/c1-7(16)14-9-11(18)10(17)8(5-15)19-12(9)20-6-21-13(2,3)4/h8-12,15,17-18H,5-6H2,1-4H3,(H,14,16). The van der Waals surface area contributed by atoms with E-state index in [9.17, 15) is 20.1 Å². The van der Waals surface area contributed by atoms with Crippen LogP contribution >= 0.6 is 23.5 Å². The molecule has 8 heteroatoms. The van der Waals surface area contributed by atoms with Gasteiger partial charge in [-0.05, 0) is 0 Å². The number of carbonyl (C=O) groups is 1. The lowest BCUT2D eigenvalue weighted by Crippen LogP contribution is -2.63. The van der Waals surface area contributed by atoms with Gasteiger partial charge in [-0.15, -0.1) is 23.5 Å². The summed E-state index contributed by atoms with van der Waals surface area (Å²) < 4.78 is 5.72. The van der Waals surface area contributed by atoms with Crippen LogP contribution in [0.2, 0.25) is 0 Å². The maximum atomic E-state index is 11.3. The molecule has 5 atom stereocenters. The van der Waals surface area contributed by atoms with Crippen LogP contribution in [0.25, 0.3) is 0 Å². The summed E-state index contributed by atoms with van der Waals surface area (Å²) in [6.45, 7) is 7.26. The quantitative estimate of drug-likeness (QED) is 0.529. The Labute approximate surface area is 134 Å². The Morgan fingerprint density at radius 1 is 1.29 bits per heavy atom. The maximum absolute atomic E-state index is 11.3. The van der Waals surface area contributed by atoms with Gasteiger partial charge in [0.1, 0.15) is 23.7 Å². The monoisotopic (exact) mass is 339 g/mol. The van der Waals surface area contributed by atoms with Crippen molar-refractivity contribution in [3.63, 3.8) is 0 Å². The highest BCUT2D eigenvalue weighted by Gasteiger charge is 2.44. The van der Waals surface area contributed by atoms with Gasteiger partial charge in [-0.2, -0.15) is 0 Å². The van der Waals surface area contributed by atoms with Crippen molar-refractivity contribution >= 4 is 29.4 Å². The van der Waals surface area contributed by atoms with Gasteiger partial charge >= 0.3 is 0 Å². The van der Waals surface area contributed by atoms with Gasteiger partial charge in [-0.3, -0.25) is 4.79 Å². The second-order valence-corrected chi connectivity index (χ2v) is 9.23. The normalized spacial score (nSPS) is 33.8. The highest BCUT2D eigenvalue weighted by molar-refractivity contribution is 8.16. The van der Waals surface area contributed by atoms with E-state index in [1.165, 1.54) is 18.7 Å². The zero-order valence-electron chi connectivity index (χ0n) is 12.8. The van der Waals surface area contributed by atoms with E-state index in [0.29, 0.717) is 5.08 Å². The molecule has 0 saturated carbocycles. The third-order valence-corrected chi connectivity index (χ3v) is 5.59. The molecule has 1 rings (SSSR count). The van der Waals surface area contributed by atoms with Gasteiger partial charge < -0.3 is 25.4 Å². The van der Waals surface area contributed by atoms with Crippen molar-refractivity contribution in [2.24, 2.45) is 0 Å². The van der Waals surface area contributed by atoms with E-state index < -0.39 is 29.8 Å². The highest BCUT2D eigenvalue weighted by atomic mass is 32.2. The first kappa shape index (κ1) is 19.1. The zero-order valence-corrected chi connectivity index (χ0v) is 14.4. The average Bonchev–Trinajstić information content (AvgIpc) is 2.35. The molecular formula is C13H25NO5S2. The molecule has 1 saturated heterocycles. The molecule has 0 spiro atoms. The molecule has 1 aliphatic heterocycles. The summed E-state index contributed by atoms with van der Waals surface area (Å²) in [7, 11) is 0. The second-order valence-electron chi connectivity index (χ2n) is 5.97. The Kier molecular flexibility index (Phi) is 7.29. The van der Waals surface area contributed by atoms with Crippen molar-refractivity contribution in [2.75, 3.05) is 11.7 Å². The minimum atomic E-state index is -1.22. The van der Waals surface area contributed by atoms with Gasteiger partial charge in [-0.25, -0.2) is 0 Å². The molecule has 0 aromatic rings. The number of aliphatic hydroxyl groups excluding tert-OH is 3. The molecule has 0 aromatic heterocycles. The third kappa shape index (κ3) is 5.96. The number of aliphatic hydroxyl groups is 3. The Morgan fingerprint density at radius 2 is 1.90 bits per heavy atom. The van der Waals surface area contributed by atoms with Gasteiger partial charge in [0.05, 0.1) is 12.6 Å². The molecule has 4 N–H and O–H groups in total. The van der Waals surface area contributed by atoms with Crippen LogP contribution in [0, 0.1) is 0 Å².